The Bertz CT molecular complexity index is 889. The van der Waals surface area contributed by atoms with Gasteiger partial charge in [0.15, 0.2) is 0 Å². The minimum Gasteiger partial charge on any atom is -0.142 e. The maximum Gasteiger partial charge on any atom is 0.0326 e. The molecule has 3 aromatic carbocycles. The van der Waals surface area contributed by atoms with Crippen LogP contribution in [0.2, 0.25) is 0 Å². The lowest BCUT2D eigenvalue weighted by Gasteiger charge is -2.21. The molecule has 0 fully saturated rings. The molecule has 0 saturated heterocycles. The number of thiol groups is 10. The van der Waals surface area contributed by atoms with Gasteiger partial charge in [-0.15, -0.1) is 126 Å². The molecule has 0 spiro atoms. The summed E-state index contributed by atoms with van der Waals surface area (Å²) in [5.41, 5.74) is 0. The zero-order chi connectivity index (χ0) is 18.1. The van der Waals surface area contributed by atoms with Crippen molar-refractivity contribution in [2.24, 2.45) is 0 Å². The average Bonchev–Trinajstić information content (AvgIpc) is 2.55. The molecule has 0 bridgehead atoms. The molecular weight excluding hydrogens is 489 g/mol. The summed E-state index contributed by atoms with van der Waals surface area (Å²) in [5, 5.41) is 3.15. The monoisotopic (exact) mass is 498 g/mol. The highest BCUT2D eigenvalue weighted by molar-refractivity contribution is 7.87. The van der Waals surface area contributed by atoms with Gasteiger partial charge in [-0.2, -0.15) is 0 Å². The van der Waals surface area contributed by atoms with Crippen molar-refractivity contribution in [2.75, 3.05) is 0 Å². The second-order valence-electron chi connectivity index (χ2n) is 4.99. The third-order valence-electron chi connectivity index (χ3n) is 3.74. The normalized spacial score (nSPS) is 11.8. The predicted molar refractivity (Wildman–Crippen MR) is 134 cm³/mol. The van der Waals surface area contributed by atoms with Gasteiger partial charge in [0.1, 0.15) is 0 Å². The van der Waals surface area contributed by atoms with E-state index in [0.717, 1.165) is 21.5 Å². The van der Waals surface area contributed by atoms with Gasteiger partial charge in [0, 0.05) is 70.5 Å². The Morgan fingerprint density at radius 1 is 0.208 bits per heavy atom. The first-order valence-electron chi connectivity index (χ1n) is 6.24. The molecule has 0 unspecified atom stereocenters. The lowest BCUT2D eigenvalue weighted by molar-refractivity contribution is 1.06. The van der Waals surface area contributed by atoms with E-state index in [9.17, 15) is 0 Å². The molecule has 0 aliphatic rings. The summed E-state index contributed by atoms with van der Waals surface area (Å²) in [6.45, 7) is 0. The van der Waals surface area contributed by atoms with Crippen molar-refractivity contribution in [2.45, 2.75) is 49.0 Å². The van der Waals surface area contributed by atoms with E-state index in [4.69, 9.17) is 25.3 Å². The summed E-state index contributed by atoms with van der Waals surface area (Å²) in [5.74, 6) is 0. The Balaban J connectivity index is 2.82. The second-order valence-corrected chi connectivity index (χ2v) is 9.46. The maximum absolute atomic E-state index is 4.74. The molecule has 0 heterocycles. The molecule has 0 nitrogen and oxygen atoms in total. The minimum absolute atomic E-state index is 0.630. The Morgan fingerprint density at radius 3 is 0.542 bits per heavy atom. The molecule has 0 aliphatic heterocycles. The van der Waals surface area contributed by atoms with E-state index in [1.54, 1.807) is 0 Å². The fourth-order valence-electron chi connectivity index (χ4n) is 2.57. The van der Waals surface area contributed by atoms with Crippen LogP contribution in [0.1, 0.15) is 0 Å². The summed E-state index contributed by atoms with van der Waals surface area (Å²) in [6.07, 6.45) is 0. The maximum atomic E-state index is 4.74. The summed E-state index contributed by atoms with van der Waals surface area (Å²) < 4.78 is 0. The average molecular weight is 499 g/mol. The van der Waals surface area contributed by atoms with Crippen LogP contribution in [0.5, 0.6) is 0 Å². The van der Waals surface area contributed by atoms with Gasteiger partial charge in [-0.05, 0) is 0 Å². The van der Waals surface area contributed by atoms with Gasteiger partial charge >= 0.3 is 0 Å². The van der Waals surface area contributed by atoms with Crippen LogP contribution in [0.4, 0.5) is 0 Å². The van der Waals surface area contributed by atoms with Gasteiger partial charge < -0.3 is 0 Å². The lowest BCUT2D eigenvalue weighted by atomic mass is 10.0. The number of hydrogen-bond donors (Lipinski definition) is 10. The number of hydrogen-bond acceptors (Lipinski definition) is 10. The molecule has 126 valence electrons. The van der Waals surface area contributed by atoms with Crippen molar-refractivity contribution in [1.29, 1.82) is 0 Å². The summed E-state index contributed by atoms with van der Waals surface area (Å²) in [6, 6.07) is 0. The third-order valence-corrected chi connectivity index (χ3v) is 9.27. The fourth-order valence-corrected chi connectivity index (χ4v) is 6.40. The highest BCUT2D eigenvalue weighted by Gasteiger charge is 2.23. The van der Waals surface area contributed by atoms with Crippen molar-refractivity contribution < 1.29 is 0 Å². The Morgan fingerprint density at radius 2 is 0.375 bits per heavy atom. The Labute approximate surface area is 194 Å². The molecule has 3 aromatic rings. The van der Waals surface area contributed by atoms with Crippen molar-refractivity contribution in [3.63, 3.8) is 0 Å². The molecule has 0 atom stereocenters. The SMILES string of the molecule is Sc1c(S)c(S)c2c(S)c3c(S)c(S)c(S)c(S)c3c(S)c2c1S. The van der Waals surface area contributed by atoms with Gasteiger partial charge in [0.05, 0.1) is 0 Å². The van der Waals surface area contributed by atoms with E-state index in [1.807, 2.05) is 0 Å². The van der Waals surface area contributed by atoms with Crippen LogP contribution >= 0.6 is 126 Å². The minimum atomic E-state index is 0.630. The standard InChI is InChI=1S/C14H10S10/c15-5-1-2(8(18)12(22)11(21)7(1)17)6(16)4-3(5)9(19)13(23)14(24)10(4)20/h15-24H. The summed E-state index contributed by atoms with van der Waals surface area (Å²) in [7, 11) is 0. The van der Waals surface area contributed by atoms with Gasteiger partial charge in [-0.3, -0.25) is 0 Å². The highest BCUT2D eigenvalue weighted by Crippen LogP contribution is 2.51. The molecule has 0 N–H and O–H groups in total. The fraction of sp³-hybridized carbons (Fsp3) is 0. The lowest BCUT2D eigenvalue weighted by Crippen LogP contribution is -1.94. The van der Waals surface area contributed by atoms with Crippen LogP contribution in [0, 0.1) is 0 Å². The van der Waals surface area contributed by atoms with Crippen molar-refractivity contribution >= 4 is 148 Å². The quantitative estimate of drug-likeness (QED) is 0.116. The Hall–Kier alpha value is 1.68. The highest BCUT2D eigenvalue weighted by atomic mass is 32.1. The smallest absolute Gasteiger partial charge is 0.0326 e. The van der Waals surface area contributed by atoms with Gasteiger partial charge in [-0.1, -0.05) is 0 Å². The summed E-state index contributed by atoms with van der Waals surface area (Å²) in [4.78, 5) is 6.51. The van der Waals surface area contributed by atoms with Gasteiger partial charge in [-0.25, -0.2) is 0 Å². The van der Waals surface area contributed by atoms with E-state index < -0.39 is 0 Å². The van der Waals surface area contributed by atoms with E-state index >= 15 is 0 Å². The first kappa shape index (κ1) is 20.4. The number of benzene rings is 3. The zero-order valence-electron chi connectivity index (χ0n) is 11.5. The van der Waals surface area contributed by atoms with Crippen molar-refractivity contribution in [1.82, 2.24) is 0 Å². The van der Waals surface area contributed by atoms with Gasteiger partial charge in [0.25, 0.3) is 0 Å². The molecule has 10 heteroatoms. The van der Waals surface area contributed by atoms with Crippen LogP contribution < -0.4 is 0 Å². The number of rotatable bonds is 0. The largest absolute Gasteiger partial charge is 0.142 e. The molecule has 0 saturated carbocycles. The molecular formula is C14H10S10. The van der Waals surface area contributed by atoms with E-state index in [1.165, 1.54) is 0 Å². The number of fused-ring (bicyclic) bond motifs is 2. The van der Waals surface area contributed by atoms with Crippen LogP contribution in [-0.2, 0) is 0 Å². The molecule has 0 amide bonds. The van der Waals surface area contributed by atoms with Crippen molar-refractivity contribution in [3.05, 3.63) is 0 Å². The molecule has 24 heavy (non-hydrogen) atoms. The Kier molecular flexibility index (Phi) is 6.17. The molecule has 3 rings (SSSR count). The van der Waals surface area contributed by atoms with E-state index in [0.29, 0.717) is 49.0 Å². The predicted octanol–water partition coefficient (Wildman–Crippen LogP) is 6.88. The first-order valence-corrected chi connectivity index (χ1v) is 10.7. The zero-order valence-corrected chi connectivity index (χ0v) is 20.4. The summed E-state index contributed by atoms with van der Waals surface area (Å²) >= 11 is 45.9. The first-order chi connectivity index (χ1) is 11.1. The third kappa shape index (κ3) is 2.82. The van der Waals surface area contributed by atoms with E-state index in [2.05, 4.69) is 101 Å². The molecule has 0 aromatic heterocycles. The second kappa shape index (κ2) is 7.25. The topological polar surface area (TPSA) is 0 Å². The van der Waals surface area contributed by atoms with Crippen LogP contribution in [-0.4, -0.2) is 0 Å². The van der Waals surface area contributed by atoms with Gasteiger partial charge in [0.2, 0.25) is 0 Å². The van der Waals surface area contributed by atoms with E-state index in [-0.39, 0.29) is 0 Å². The van der Waals surface area contributed by atoms with Crippen LogP contribution in [0.3, 0.4) is 0 Å². The van der Waals surface area contributed by atoms with Crippen molar-refractivity contribution in [3.8, 4) is 0 Å². The molecule has 0 aliphatic carbocycles. The van der Waals surface area contributed by atoms with Crippen LogP contribution in [0.25, 0.3) is 21.5 Å². The van der Waals surface area contributed by atoms with Crippen LogP contribution in [0.15, 0.2) is 49.0 Å². The molecule has 0 radical (unpaired) electrons.